The van der Waals surface area contributed by atoms with Crippen LogP contribution in [0.2, 0.25) is 0 Å². The molecule has 0 bridgehead atoms. The van der Waals surface area contributed by atoms with Gasteiger partial charge in [-0.15, -0.1) is 0 Å². The van der Waals surface area contributed by atoms with Crippen molar-refractivity contribution in [2.75, 3.05) is 0 Å². The van der Waals surface area contributed by atoms with Crippen LogP contribution in [0.5, 0.6) is 0 Å². The van der Waals surface area contributed by atoms with Gasteiger partial charge in [0.15, 0.2) is 5.82 Å². The summed E-state index contributed by atoms with van der Waals surface area (Å²) in [5.41, 5.74) is 6.77. The Morgan fingerprint density at radius 2 is 0.820 bits per heavy atom. The Bertz CT molecular complexity index is 3080. The number of rotatable bonds is 5. The van der Waals surface area contributed by atoms with E-state index in [1.165, 1.54) is 12.1 Å². The maximum Gasteiger partial charge on any atom is 0.240 e. The summed E-state index contributed by atoms with van der Waals surface area (Å²) in [5, 5.41) is 2.80. The molecular weight excluding hydrogens is 611 g/mol. The van der Waals surface area contributed by atoms with Gasteiger partial charge in [0.1, 0.15) is 0 Å². The molecule has 0 atom stereocenters. The lowest BCUT2D eigenvalue weighted by Crippen LogP contribution is -2.10. The van der Waals surface area contributed by atoms with Crippen LogP contribution in [0, 0.1) is 0 Å². The lowest BCUT2D eigenvalue weighted by molar-refractivity contribution is 0.893. The number of nitrogens with zero attached hydrogens (tertiary/aromatic N) is 5. The number of benzene rings is 7. The molecule has 0 amide bonds. The van der Waals surface area contributed by atoms with Crippen LogP contribution in [0.3, 0.4) is 0 Å². The normalized spacial score (nSPS) is 13.3. The third-order valence-corrected chi connectivity index (χ3v) is 9.23. The van der Waals surface area contributed by atoms with E-state index in [2.05, 4.69) is 24.3 Å². The molecule has 0 fully saturated rings. The average Bonchev–Trinajstić information content (AvgIpc) is 3.70. The van der Waals surface area contributed by atoms with Crippen LogP contribution in [0.15, 0.2) is 176 Å². The standard InChI is InChI=1S/C45H29N5/c1-2-16-30(17-3-1)31-18-4-5-19-32(31)33-20-6-7-25-38(33)43-46-44(49-39-26-12-8-21-34(39)35-22-9-13-27-40(35)49)48-45(47-43)50-41-28-14-10-23-36(41)37-24-11-15-29-42(37)50/h1-29H/i8D,10D,13D,15D,26D,28D. The Labute approximate surface area is 296 Å². The quantitative estimate of drug-likeness (QED) is 0.187. The topological polar surface area (TPSA) is 48.5 Å². The van der Waals surface area contributed by atoms with Crippen LogP contribution in [-0.4, -0.2) is 24.1 Å². The van der Waals surface area contributed by atoms with Gasteiger partial charge in [-0.2, -0.15) is 15.0 Å². The van der Waals surface area contributed by atoms with Gasteiger partial charge < -0.3 is 0 Å². The van der Waals surface area contributed by atoms with Gasteiger partial charge in [0, 0.05) is 27.1 Å². The zero-order valence-electron chi connectivity index (χ0n) is 32.5. The Morgan fingerprint density at radius 3 is 1.40 bits per heavy atom. The fourth-order valence-electron chi connectivity index (χ4n) is 7.04. The Kier molecular flexibility index (Phi) is 5.17. The molecule has 10 rings (SSSR count). The highest BCUT2D eigenvalue weighted by atomic mass is 15.3. The summed E-state index contributed by atoms with van der Waals surface area (Å²) >= 11 is 0. The van der Waals surface area contributed by atoms with Gasteiger partial charge in [-0.3, -0.25) is 9.13 Å². The summed E-state index contributed by atoms with van der Waals surface area (Å²) in [5.74, 6) is 0.673. The minimum Gasteiger partial charge on any atom is -0.278 e. The van der Waals surface area contributed by atoms with Crippen molar-refractivity contribution in [2.45, 2.75) is 0 Å². The number of hydrogen-bond acceptors (Lipinski definition) is 3. The molecule has 0 saturated heterocycles. The second-order valence-electron chi connectivity index (χ2n) is 12.0. The van der Waals surface area contributed by atoms with Gasteiger partial charge in [-0.05, 0) is 46.5 Å². The molecule has 234 valence electrons. The van der Waals surface area contributed by atoms with Crippen LogP contribution in [0.4, 0.5) is 0 Å². The molecule has 5 nitrogen and oxygen atoms in total. The lowest BCUT2D eigenvalue weighted by Gasteiger charge is -2.16. The molecule has 0 aliphatic carbocycles. The van der Waals surface area contributed by atoms with Gasteiger partial charge in [0.2, 0.25) is 11.9 Å². The predicted molar refractivity (Wildman–Crippen MR) is 205 cm³/mol. The van der Waals surface area contributed by atoms with E-state index in [4.69, 9.17) is 23.2 Å². The number of aromatic nitrogens is 5. The predicted octanol–water partition coefficient (Wildman–Crippen LogP) is 11.1. The Hall–Kier alpha value is -6.85. The van der Waals surface area contributed by atoms with Gasteiger partial charge >= 0.3 is 0 Å². The van der Waals surface area contributed by atoms with E-state index in [9.17, 15) is 0 Å². The van der Waals surface area contributed by atoms with E-state index in [-0.39, 0.29) is 48.2 Å². The van der Waals surface area contributed by atoms with E-state index < -0.39 is 0 Å². The molecule has 0 radical (unpaired) electrons. The monoisotopic (exact) mass is 645 g/mol. The van der Waals surface area contributed by atoms with Crippen molar-refractivity contribution in [3.63, 3.8) is 0 Å². The van der Waals surface area contributed by atoms with Crippen molar-refractivity contribution in [3.8, 4) is 45.5 Å². The third-order valence-electron chi connectivity index (χ3n) is 9.23. The number of hydrogen-bond donors (Lipinski definition) is 0. The molecule has 0 aliphatic rings. The van der Waals surface area contributed by atoms with E-state index in [1.54, 1.807) is 45.5 Å². The molecule has 0 saturated carbocycles. The van der Waals surface area contributed by atoms with Gasteiger partial charge in [-0.25, -0.2) is 0 Å². The van der Waals surface area contributed by atoms with Crippen LogP contribution < -0.4 is 0 Å². The van der Waals surface area contributed by atoms with Crippen LogP contribution >= 0.6 is 0 Å². The van der Waals surface area contributed by atoms with Crippen LogP contribution in [0.25, 0.3) is 89.2 Å². The third kappa shape index (κ3) is 4.37. The second kappa shape index (κ2) is 11.4. The highest BCUT2D eigenvalue weighted by molar-refractivity contribution is 6.10. The van der Waals surface area contributed by atoms with Crippen molar-refractivity contribution in [2.24, 2.45) is 0 Å². The minimum absolute atomic E-state index is 0.100. The fraction of sp³-hybridized carbons (Fsp3) is 0. The molecule has 50 heavy (non-hydrogen) atoms. The zero-order valence-corrected chi connectivity index (χ0v) is 26.5. The van der Waals surface area contributed by atoms with Crippen molar-refractivity contribution >= 4 is 43.6 Å². The lowest BCUT2D eigenvalue weighted by atomic mass is 9.91. The van der Waals surface area contributed by atoms with Crippen molar-refractivity contribution in [3.05, 3.63) is 176 Å². The Morgan fingerprint density at radius 1 is 0.360 bits per heavy atom. The van der Waals surface area contributed by atoms with Crippen LogP contribution in [0.1, 0.15) is 8.22 Å². The van der Waals surface area contributed by atoms with E-state index in [0.29, 0.717) is 44.2 Å². The van der Waals surface area contributed by atoms with E-state index >= 15 is 0 Å². The van der Waals surface area contributed by atoms with E-state index in [1.807, 2.05) is 66.7 Å². The summed E-state index contributed by atoms with van der Waals surface area (Å²) in [7, 11) is 0. The molecule has 3 heterocycles. The molecule has 0 N–H and O–H groups in total. The van der Waals surface area contributed by atoms with Gasteiger partial charge in [-0.1, -0.05) is 152 Å². The second-order valence-corrected chi connectivity index (χ2v) is 12.0. The average molecular weight is 646 g/mol. The summed E-state index contributed by atoms with van der Waals surface area (Å²) in [6, 6.07) is 44.1. The maximum atomic E-state index is 9.10. The number of para-hydroxylation sites is 4. The summed E-state index contributed by atoms with van der Waals surface area (Å²) in [4.78, 5) is 15.5. The van der Waals surface area contributed by atoms with Gasteiger partial charge in [0.05, 0.1) is 30.3 Å². The van der Waals surface area contributed by atoms with Crippen molar-refractivity contribution in [1.82, 2.24) is 24.1 Å². The van der Waals surface area contributed by atoms with Gasteiger partial charge in [0.25, 0.3) is 0 Å². The zero-order chi connectivity index (χ0) is 38.2. The molecule has 3 aromatic heterocycles. The highest BCUT2D eigenvalue weighted by Crippen LogP contribution is 2.39. The van der Waals surface area contributed by atoms with E-state index in [0.717, 1.165) is 33.0 Å². The first-order chi connectivity index (χ1) is 27.2. The van der Waals surface area contributed by atoms with Crippen molar-refractivity contribution in [1.29, 1.82) is 0 Å². The first-order valence-electron chi connectivity index (χ1n) is 19.3. The molecular formula is C45H29N5. The highest BCUT2D eigenvalue weighted by Gasteiger charge is 2.22. The summed E-state index contributed by atoms with van der Waals surface area (Å²) in [6.45, 7) is 0. The molecule has 5 heteroatoms. The van der Waals surface area contributed by atoms with Crippen molar-refractivity contribution < 1.29 is 8.22 Å². The SMILES string of the molecule is [2H]c1cc([2H])c2c(c1)c1ccc([2H])cc1n2-c1nc(-c2ccccc2-c2ccccc2-c2ccccc2)nc(-n2c3cc([2H])ccc3c3cc([2H])cc([2H])c32)n1. The molecule has 0 spiro atoms. The first-order valence-corrected chi connectivity index (χ1v) is 16.3. The molecule has 0 aliphatic heterocycles. The minimum atomic E-state index is 0.100. The molecule has 10 aromatic rings. The summed E-state index contributed by atoms with van der Waals surface area (Å²) in [6.07, 6.45) is 0. The Balaban J connectivity index is 1.35. The molecule has 7 aromatic carbocycles. The maximum absolute atomic E-state index is 9.10. The molecule has 0 unspecified atom stereocenters. The smallest absolute Gasteiger partial charge is 0.240 e. The number of fused-ring (bicyclic) bond motifs is 6. The summed E-state index contributed by atoms with van der Waals surface area (Å²) < 4.78 is 55.8. The largest absolute Gasteiger partial charge is 0.278 e. The first kappa shape index (κ1) is 22.7. The van der Waals surface area contributed by atoms with Crippen LogP contribution in [-0.2, 0) is 0 Å². The fourth-order valence-corrected chi connectivity index (χ4v) is 7.04.